The van der Waals surface area contributed by atoms with Gasteiger partial charge in [0.1, 0.15) is 0 Å². The summed E-state index contributed by atoms with van der Waals surface area (Å²) in [5.74, 6) is -2.37. The minimum absolute atomic E-state index is 0.0193. The van der Waals surface area contributed by atoms with E-state index in [2.05, 4.69) is 26.1 Å². The van der Waals surface area contributed by atoms with E-state index in [0.717, 1.165) is 6.07 Å². The van der Waals surface area contributed by atoms with E-state index in [9.17, 15) is 8.78 Å². The molecule has 0 N–H and O–H groups in total. The molecule has 0 atom stereocenters. The van der Waals surface area contributed by atoms with Crippen molar-refractivity contribution >= 4 is 27.5 Å². The molecule has 0 bridgehead atoms. The minimum atomic E-state index is -1.09. The first kappa shape index (κ1) is 12.2. The molecular weight excluding hydrogens is 317 g/mol. The maximum absolute atomic E-state index is 13.4. The van der Waals surface area contributed by atoms with Gasteiger partial charge in [-0.1, -0.05) is 27.5 Å². The van der Waals surface area contributed by atoms with E-state index in [4.69, 9.17) is 16.3 Å². The fourth-order valence-corrected chi connectivity index (χ4v) is 1.59. The fourth-order valence-electron chi connectivity index (χ4n) is 1.08. The van der Waals surface area contributed by atoms with Gasteiger partial charge in [-0.15, -0.1) is 10.2 Å². The second-order valence-corrected chi connectivity index (χ2v) is 4.30. The summed E-state index contributed by atoms with van der Waals surface area (Å²) in [5.41, 5.74) is 0. The van der Waals surface area contributed by atoms with Gasteiger partial charge >= 0.3 is 0 Å². The van der Waals surface area contributed by atoms with Crippen molar-refractivity contribution in [3.8, 4) is 11.6 Å². The lowest BCUT2D eigenvalue weighted by Crippen LogP contribution is -1.95. The molecule has 0 aliphatic heterocycles. The molecule has 17 heavy (non-hydrogen) atoms. The molecule has 0 aliphatic rings. The maximum Gasteiger partial charge on any atom is 0.239 e. The number of rotatable bonds is 2. The number of ether oxygens (including phenoxy) is 1. The van der Waals surface area contributed by atoms with Gasteiger partial charge < -0.3 is 4.74 Å². The highest BCUT2D eigenvalue weighted by atomic mass is 79.9. The Morgan fingerprint density at radius 2 is 1.94 bits per heavy atom. The quantitative estimate of drug-likeness (QED) is 0.785. The molecule has 88 valence electrons. The summed E-state index contributed by atoms with van der Waals surface area (Å²) in [7, 11) is 0. The zero-order valence-corrected chi connectivity index (χ0v) is 10.5. The Hall–Kier alpha value is -1.27. The van der Waals surface area contributed by atoms with Gasteiger partial charge in [0.2, 0.25) is 11.7 Å². The predicted molar refractivity (Wildman–Crippen MR) is 61.2 cm³/mol. The summed E-state index contributed by atoms with van der Waals surface area (Å²) >= 11 is 8.55. The topological polar surface area (TPSA) is 35.0 Å². The van der Waals surface area contributed by atoms with Crippen LogP contribution in [0.2, 0.25) is 5.15 Å². The fraction of sp³-hybridized carbons (Fsp3) is 0. The molecule has 0 saturated carbocycles. The number of aromatic nitrogens is 2. The van der Waals surface area contributed by atoms with E-state index in [1.54, 1.807) is 0 Å². The van der Waals surface area contributed by atoms with Crippen molar-refractivity contribution in [2.24, 2.45) is 0 Å². The third kappa shape index (κ3) is 2.89. The van der Waals surface area contributed by atoms with Gasteiger partial charge in [0.15, 0.2) is 16.7 Å². The van der Waals surface area contributed by atoms with E-state index < -0.39 is 11.6 Å². The van der Waals surface area contributed by atoms with Gasteiger partial charge in [-0.3, -0.25) is 0 Å². The summed E-state index contributed by atoms with van der Waals surface area (Å²) in [4.78, 5) is 0. The molecule has 0 unspecified atom stereocenters. The van der Waals surface area contributed by atoms with Crippen LogP contribution in [0, 0.1) is 11.6 Å². The molecule has 0 amide bonds. The highest BCUT2D eigenvalue weighted by Crippen LogP contribution is 2.28. The molecule has 1 aromatic carbocycles. The van der Waals surface area contributed by atoms with Crippen LogP contribution in [0.5, 0.6) is 11.6 Å². The zero-order chi connectivity index (χ0) is 12.4. The Morgan fingerprint density at radius 1 is 1.18 bits per heavy atom. The molecule has 3 nitrogen and oxygen atoms in total. The van der Waals surface area contributed by atoms with E-state index in [1.165, 1.54) is 18.2 Å². The second-order valence-electron chi connectivity index (χ2n) is 3.00. The van der Waals surface area contributed by atoms with Crippen molar-refractivity contribution in [3.63, 3.8) is 0 Å². The SMILES string of the molecule is Fc1cc(Br)cc(Oc2ccc(Cl)nn2)c1F. The van der Waals surface area contributed by atoms with Crippen molar-refractivity contribution in [2.75, 3.05) is 0 Å². The van der Waals surface area contributed by atoms with Crippen LogP contribution in [-0.4, -0.2) is 10.2 Å². The Labute approximate surface area is 109 Å². The first-order valence-electron chi connectivity index (χ1n) is 4.38. The highest BCUT2D eigenvalue weighted by molar-refractivity contribution is 9.10. The van der Waals surface area contributed by atoms with Gasteiger partial charge in [0, 0.05) is 10.5 Å². The molecular formula is C10H4BrClF2N2O. The molecule has 0 fully saturated rings. The van der Waals surface area contributed by atoms with Crippen LogP contribution in [0.15, 0.2) is 28.7 Å². The predicted octanol–water partition coefficient (Wildman–Crippen LogP) is 3.96. The molecule has 0 spiro atoms. The first-order chi connectivity index (χ1) is 8.06. The van der Waals surface area contributed by atoms with E-state index in [1.807, 2.05) is 0 Å². The molecule has 2 aromatic rings. The smallest absolute Gasteiger partial charge is 0.239 e. The molecule has 0 radical (unpaired) electrons. The average Bonchev–Trinajstić information content (AvgIpc) is 2.28. The monoisotopic (exact) mass is 320 g/mol. The number of hydrogen-bond donors (Lipinski definition) is 0. The van der Waals surface area contributed by atoms with Crippen molar-refractivity contribution in [2.45, 2.75) is 0 Å². The Bertz CT molecular complexity index is 551. The third-order valence-electron chi connectivity index (χ3n) is 1.78. The number of nitrogens with zero attached hydrogens (tertiary/aromatic N) is 2. The summed E-state index contributed by atoms with van der Waals surface area (Å²) in [6.07, 6.45) is 0. The van der Waals surface area contributed by atoms with E-state index in [0.29, 0.717) is 4.47 Å². The maximum atomic E-state index is 13.4. The molecule has 0 aliphatic carbocycles. The van der Waals surface area contributed by atoms with Crippen LogP contribution >= 0.6 is 27.5 Å². The third-order valence-corrected chi connectivity index (χ3v) is 2.44. The Morgan fingerprint density at radius 3 is 2.59 bits per heavy atom. The van der Waals surface area contributed by atoms with Crippen molar-refractivity contribution in [3.05, 3.63) is 45.5 Å². The molecule has 1 aromatic heterocycles. The Balaban J connectivity index is 2.32. The van der Waals surface area contributed by atoms with Gasteiger partial charge in [-0.05, 0) is 18.2 Å². The van der Waals surface area contributed by atoms with Crippen LogP contribution in [0.1, 0.15) is 0 Å². The lowest BCUT2D eigenvalue weighted by Gasteiger charge is -2.06. The normalized spacial score (nSPS) is 10.4. The number of hydrogen-bond acceptors (Lipinski definition) is 3. The molecule has 0 saturated heterocycles. The van der Waals surface area contributed by atoms with E-state index >= 15 is 0 Å². The summed E-state index contributed by atoms with van der Waals surface area (Å²) in [6.45, 7) is 0. The van der Waals surface area contributed by atoms with Crippen LogP contribution < -0.4 is 4.74 Å². The Kier molecular flexibility index (Phi) is 3.54. The molecule has 2 rings (SSSR count). The second kappa shape index (κ2) is 4.93. The average molecular weight is 322 g/mol. The van der Waals surface area contributed by atoms with E-state index in [-0.39, 0.29) is 16.8 Å². The van der Waals surface area contributed by atoms with Crippen LogP contribution in [0.25, 0.3) is 0 Å². The molecule has 1 heterocycles. The van der Waals surface area contributed by atoms with Gasteiger partial charge in [-0.2, -0.15) is 4.39 Å². The first-order valence-corrected chi connectivity index (χ1v) is 5.55. The highest BCUT2D eigenvalue weighted by Gasteiger charge is 2.12. The van der Waals surface area contributed by atoms with Gasteiger partial charge in [-0.25, -0.2) is 4.39 Å². The van der Waals surface area contributed by atoms with Crippen molar-refractivity contribution in [1.29, 1.82) is 0 Å². The number of halogens is 4. The van der Waals surface area contributed by atoms with Crippen LogP contribution in [0.3, 0.4) is 0 Å². The minimum Gasteiger partial charge on any atom is -0.434 e. The lowest BCUT2D eigenvalue weighted by molar-refractivity contribution is 0.401. The summed E-state index contributed by atoms with van der Waals surface area (Å²) in [5, 5.41) is 7.26. The van der Waals surface area contributed by atoms with Gasteiger partial charge in [0.25, 0.3) is 0 Å². The van der Waals surface area contributed by atoms with Crippen LogP contribution in [0.4, 0.5) is 8.78 Å². The lowest BCUT2D eigenvalue weighted by atomic mass is 10.3. The summed E-state index contributed by atoms with van der Waals surface area (Å²) < 4.78 is 31.8. The number of benzene rings is 1. The standard InChI is InChI=1S/C10H4BrClF2N2O/c11-5-3-6(13)10(14)7(4-5)17-9-2-1-8(12)15-16-9/h1-4H. The van der Waals surface area contributed by atoms with Crippen molar-refractivity contribution in [1.82, 2.24) is 10.2 Å². The molecule has 7 heteroatoms. The van der Waals surface area contributed by atoms with Crippen molar-refractivity contribution < 1.29 is 13.5 Å². The van der Waals surface area contributed by atoms with Crippen LogP contribution in [-0.2, 0) is 0 Å². The zero-order valence-electron chi connectivity index (χ0n) is 8.12. The summed E-state index contributed by atoms with van der Waals surface area (Å²) in [6, 6.07) is 5.11. The van der Waals surface area contributed by atoms with Gasteiger partial charge in [0.05, 0.1) is 0 Å². The largest absolute Gasteiger partial charge is 0.434 e.